The van der Waals surface area contributed by atoms with Gasteiger partial charge in [-0.05, 0) is 38.0 Å². The van der Waals surface area contributed by atoms with Crippen molar-refractivity contribution in [1.29, 1.82) is 0 Å². The average molecular weight is 286 g/mol. The van der Waals surface area contributed by atoms with Gasteiger partial charge in [0.05, 0.1) is 0 Å². The van der Waals surface area contributed by atoms with Gasteiger partial charge >= 0.3 is 0 Å². The molecule has 1 amide bonds. The summed E-state index contributed by atoms with van der Waals surface area (Å²) in [6, 6.07) is 1.17. The van der Waals surface area contributed by atoms with E-state index in [0.717, 1.165) is 18.8 Å². The molecule has 2 atom stereocenters. The van der Waals surface area contributed by atoms with Crippen molar-refractivity contribution in [3.63, 3.8) is 0 Å². The van der Waals surface area contributed by atoms with Gasteiger partial charge in [-0.1, -0.05) is 55.4 Å². The van der Waals surface area contributed by atoms with Crippen molar-refractivity contribution in [3.8, 4) is 0 Å². The molecular weight excluding hydrogens is 246 g/mol. The molecule has 2 nitrogen and oxygen atoms in total. The Bertz CT molecular complexity index is 213. The molecule has 2 fully saturated rings. The largest absolute Gasteiger partial charge is 0.337 e. The number of fused-ring (bicyclic) bond motifs is 2. The van der Waals surface area contributed by atoms with Crippen molar-refractivity contribution < 1.29 is 4.79 Å². The zero-order chi connectivity index (χ0) is 16.1. The summed E-state index contributed by atoms with van der Waals surface area (Å²) in [7, 11) is 0. The predicted octanol–water partition coefficient (Wildman–Crippen LogP) is 5.65. The molecule has 2 saturated heterocycles. The minimum absolute atomic E-state index is 0.409. The van der Waals surface area contributed by atoms with E-state index in [-0.39, 0.29) is 0 Å². The lowest BCUT2D eigenvalue weighted by molar-refractivity contribution is -0.136. The second-order valence-corrected chi connectivity index (χ2v) is 5.01. The van der Waals surface area contributed by atoms with E-state index in [9.17, 15) is 4.79 Å². The number of amides is 1. The van der Waals surface area contributed by atoms with Crippen LogP contribution in [0, 0.1) is 5.92 Å². The first-order valence-corrected chi connectivity index (χ1v) is 9.03. The zero-order valence-corrected chi connectivity index (χ0v) is 15.3. The van der Waals surface area contributed by atoms with Crippen molar-refractivity contribution in [3.05, 3.63) is 0 Å². The Morgan fingerprint density at radius 1 is 0.950 bits per heavy atom. The highest BCUT2D eigenvalue weighted by Gasteiger charge is 2.41. The summed E-state index contributed by atoms with van der Waals surface area (Å²) >= 11 is 0. The average Bonchev–Trinajstić information content (AvgIpc) is 2.78. The molecule has 0 aromatic heterocycles. The van der Waals surface area contributed by atoms with Crippen molar-refractivity contribution >= 4 is 5.91 Å². The van der Waals surface area contributed by atoms with Gasteiger partial charge in [-0.25, -0.2) is 0 Å². The summed E-state index contributed by atoms with van der Waals surface area (Å²) in [4.78, 5) is 14.1. The molecule has 2 rings (SSSR count). The van der Waals surface area contributed by atoms with Gasteiger partial charge in [0.25, 0.3) is 0 Å². The summed E-state index contributed by atoms with van der Waals surface area (Å²) in [5, 5.41) is 0. The lowest BCUT2D eigenvalue weighted by Gasteiger charge is -2.38. The van der Waals surface area contributed by atoms with Crippen LogP contribution >= 0.6 is 0 Å². The van der Waals surface area contributed by atoms with E-state index >= 15 is 0 Å². The maximum absolute atomic E-state index is 11.9. The smallest absolute Gasteiger partial charge is 0.223 e. The fourth-order valence-corrected chi connectivity index (χ4v) is 3.20. The molecule has 0 aromatic rings. The highest BCUT2D eigenvalue weighted by Crippen LogP contribution is 2.38. The SMILES string of the molecule is CC.CC.CC.CCCC(=O)N1C2CCC1CC(C)C2. The molecule has 0 radical (unpaired) electrons. The molecule has 122 valence electrons. The topological polar surface area (TPSA) is 20.3 Å². The standard InChI is InChI=1S/C12H21NO.3C2H6/c1-3-4-12(14)13-10-5-6-11(13)8-9(2)7-10;3*1-2/h9-11H,3-8H2,1-2H3;3*1-2H3. The number of carbonyl (C=O) groups excluding carboxylic acids is 1. The number of hydrogen-bond donors (Lipinski definition) is 0. The number of rotatable bonds is 2. The van der Waals surface area contributed by atoms with Crippen LogP contribution in [0.25, 0.3) is 0 Å². The van der Waals surface area contributed by atoms with Crippen molar-refractivity contribution in [2.75, 3.05) is 0 Å². The third-order valence-corrected chi connectivity index (χ3v) is 3.72. The Morgan fingerprint density at radius 2 is 1.35 bits per heavy atom. The molecule has 0 N–H and O–H groups in total. The Hall–Kier alpha value is -0.530. The van der Waals surface area contributed by atoms with Crippen LogP contribution in [0.15, 0.2) is 0 Å². The van der Waals surface area contributed by atoms with Crippen LogP contribution in [-0.4, -0.2) is 22.9 Å². The maximum atomic E-state index is 11.9. The first-order valence-electron chi connectivity index (χ1n) is 9.03. The minimum Gasteiger partial charge on any atom is -0.337 e. The number of piperidine rings is 1. The monoisotopic (exact) mass is 285 g/mol. The van der Waals surface area contributed by atoms with Crippen molar-refractivity contribution in [2.24, 2.45) is 5.92 Å². The second-order valence-electron chi connectivity index (χ2n) is 5.01. The highest BCUT2D eigenvalue weighted by molar-refractivity contribution is 5.77. The van der Waals surface area contributed by atoms with Crippen LogP contribution in [0.2, 0.25) is 0 Å². The zero-order valence-electron chi connectivity index (χ0n) is 15.3. The van der Waals surface area contributed by atoms with E-state index in [1.165, 1.54) is 25.7 Å². The third-order valence-electron chi connectivity index (χ3n) is 3.72. The van der Waals surface area contributed by atoms with E-state index in [1.807, 2.05) is 41.5 Å². The van der Waals surface area contributed by atoms with Crippen LogP contribution in [0.5, 0.6) is 0 Å². The van der Waals surface area contributed by atoms with Crippen molar-refractivity contribution in [2.45, 2.75) is 106 Å². The van der Waals surface area contributed by atoms with Gasteiger partial charge in [-0.15, -0.1) is 0 Å². The van der Waals surface area contributed by atoms with Crippen LogP contribution in [0.4, 0.5) is 0 Å². The summed E-state index contributed by atoms with van der Waals surface area (Å²) in [5.74, 6) is 1.24. The van der Waals surface area contributed by atoms with Gasteiger partial charge in [0, 0.05) is 18.5 Å². The molecule has 0 saturated carbocycles. The Kier molecular flexibility index (Phi) is 14.6. The molecule has 2 aliphatic heterocycles. The van der Waals surface area contributed by atoms with E-state index in [0.29, 0.717) is 18.0 Å². The van der Waals surface area contributed by atoms with Crippen LogP contribution in [0.1, 0.15) is 93.9 Å². The molecule has 2 unspecified atom stereocenters. The number of hydrogen-bond acceptors (Lipinski definition) is 1. The Balaban J connectivity index is 0. The van der Waals surface area contributed by atoms with Gasteiger partial charge in [0.1, 0.15) is 0 Å². The minimum atomic E-state index is 0.409. The van der Waals surface area contributed by atoms with Gasteiger partial charge in [-0.2, -0.15) is 0 Å². The van der Waals surface area contributed by atoms with Gasteiger partial charge in [-0.3, -0.25) is 4.79 Å². The quantitative estimate of drug-likeness (QED) is 0.641. The first-order chi connectivity index (χ1) is 9.72. The second kappa shape index (κ2) is 13.5. The Labute approximate surface area is 128 Å². The third kappa shape index (κ3) is 6.28. The summed E-state index contributed by atoms with van der Waals surface area (Å²) in [6.07, 6.45) is 6.73. The molecule has 2 bridgehead atoms. The summed E-state index contributed by atoms with van der Waals surface area (Å²) in [5.41, 5.74) is 0. The van der Waals surface area contributed by atoms with Crippen LogP contribution in [0.3, 0.4) is 0 Å². The molecule has 20 heavy (non-hydrogen) atoms. The van der Waals surface area contributed by atoms with Crippen molar-refractivity contribution in [1.82, 2.24) is 4.90 Å². The lowest BCUT2D eigenvalue weighted by Crippen LogP contribution is -2.45. The molecule has 2 aliphatic rings. The lowest BCUT2D eigenvalue weighted by atomic mass is 9.92. The highest BCUT2D eigenvalue weighted by atomic mass is 16.2. The normalized spacial score (nSPS) is 26.2. The molecular formula is C18H39NO. The molecule has 2 heteroatoms. The van der Waals surface area contributed by atoms with E-state index in [1.54, 1.807) is 0 Å². The summed E-state index contributed by atoms with van der Waals surface area (Å²) in [6.45, 7) is 16.4. The number of carbonyl (C=O) groups is 1. The van der Waals surface area contributed by atoms with E-state index in [4.69, 9.17) is 0 Å². The molecule has 0 aromatic carbocycles. The number of nitrogens with zero attached hydrogens (tertiary/aromatic N) is 1. The summed E-state index contributed by atoms with van der Waals surface area (Å²) < 4.78 is 0. The Morgan fingerprint density at radius 3 is 1.70 bits per heavy atom. The van der Waals surface area contributed by atoms with E-state index < -0.39 is 0 Å². The first kappa shape index (κ1) is 21.8. The van der Waals surface area contributed by atoms with Gasteiger partial charge in [0.2, 0.25) is 5.91 Å². The maximum Gasteiger partial charge on any atom is 0.223 e. The fraction of sp³-hybridized carbons (Fsp3) is 0.944. The van der Waals surface area contributed by atoms with Gasteiger partial charge in [0.15, 0.2) is 0 Å². The molecule has 0 aliphatic carbocycles. The fourth-order valence-electron chi connectivity index (χ4n) is 3.20. The predicted molar refractivity (Wildman–Crippen MR) is 91.0 cm³/mol. The molecule has 2 heterocycles. The van der Waals surface area contributed by atoms with Gasteiger partial charge < -0.3 is 4.90 Å². The van der Waals surface area contributed by atoms with Crippen LogP contribution < -0.4 is 0 Å². The van der Waals surface area contributed by atoms with E-state index in [2.05, 4.69) is 18.7 Å². The molecule has 0 spiro atoms. The van der Waals surface area contributed by atoms with Crippen LogP contribution in [-0.2, 0) is 4.79 Å².